The molecular formula is C15H23N3O4S. The quantitative estimate of drug-likeness (QED) is 0.633. The van der Waals surface area contributed by atoms with Crippen molar-refractivity contribution in [3.05, 3.63) is 29.8 Å². The molecule has 0 spiro atoms. The van der Waals surface area contributed by atoms with Crippen molar-refractivity contribution in [1.82, 2.24) is 15.4 Å². The van der Waals surface area contributed by atoms with Gasteiger partial charge in [0.05, 0.1) is 11.4 Å². The topological polar surface area (TPSA) is 104 Å². The minimum absolute atomic E-state index is 0.000667. The van der Waals surface area contributed by atoms with E-state index in [0.29, 0.717) is 0 Å². The molecule has 0 aliphatic rings. The molecule has 8 heteroatoms. The van der Waals surface area contributed by atoms with E-state index in [2.05, 4.69) is 15.4 Å². The lowest BCUT2D eigenvalue weighted by molar-refractivity contribution is -0.126. The third-order valence-electron chi connectivity index (χ3n) is 2.87. The Labute approximate surface area is 136 Å². The van der Waals surface area contributed by atoms with Gasteiger partial charge in [-0.3, -0.25) is 9.59 Å². The summed E-state index contributed by atoms with van der Waals surface area (Å²) in [4.78, 5) is 23.1. The van der Waals surface area contributed by atoms with Crippen LogP contribution in [0, 0.1) is 6.92 Å². The smallest absolute Gasteiger partial charge is 0.240 e. The molecule has 0 fully saturated rings. The first-order valence-electron chi connectivity index (χ1n) is 7.33. The number of nitrogens with one attached hydrogen (secondary N) is 3. The number of carbonyl (C=O) groups is 2. The Morgan fingerprint density at radius 2 is 1.70 bits per heavy atom. The summed E-state index contributed by atoms with van der Waals surface area (Å²) in [6.07, 6.45) is -0.0416. The molecule has 1 aromatic rings. The lowest BCUT2D eigenvalue weighted by atomic mass is 10.2. The monoisotopic (exact) mass is 341 g/mol. The number of carbonyl (C=O) groups excluding carboxylic acids is 2. The Kier molecular flexibility index (Phi) is 7.18. The van der Waals surface area contributed by atoms with Gasteiger partial charge >= 0.3 is 0 Å². The summed E-state index contributed by atoms with van der Waals surface area (Å²) in [5, 5.41) is 5.07. The highest BCUT2D eigenvalue weighted by atomic mass is 32.2. The van der Waals surface area contributed by atoms with Gasteiger partial charge in [-0.1, -0.05) is 17.7 Å². The fraction of sp³-hybridized carbons (Fsp3) is 0.467. The van der Waals surface area contributed by atoms with E-state index in [1.165, 1.54) is 12.1 Å². The molecule has 2 amide bonds. The highest BCUT2D eigenvalue weighted by molar-refractivity contribution is 7.89. The normalized spacial score (nSPS) is 11.3. The van der Waals surface area contributed by atoms with E-state index in [-0.39, 0.29) is 36.4 Å². The zero-order chi connectivity index (χ0) is 17.5. The van der Waals surface area contributed by atoms with E-state index >= 15 is 0 Å². The molecule has 0 unspecified atom stereocenters. The van der Waals surface area contributed by atoms with E-state index in [1.807, 2.05) is 20.8 Å². The second-order valence-corrected chi connectivity index (χ2v) is 7.23. The number of amides is 2. The fourth-order valence-corrected chi connectivity index (χ4v) is 2.77. The van der Waals surface area contributed by atoms with E-state index in [0.717, 1.165) is 5.56 Å². The number of hydrogen-bond donors (Lipinski definition) is 3. The summed E-state index contributed by atoms with van der Waals surface area (Å²) < 4.78 is 26.4. The van der Waals surface area contributed by atoms with Gasteiger partial charge in [0.2, 0.25) is 21.8 Å². The maximum atomic E-state index is 12.0. The van der Waals surface area contributed by atoms with Gasteiger partial charge in [0.1, 0.15) is 0 Å². The van der Waals surface area contributed by atoms with Crippen LogP contribution >= 0.6 is 0 Å². The summed E-state index contributed by atoms with van der Waals surface area (Å²) in [6, 6.07) is 6.42. The third-order valence-corrected chi connectivity index (χ3v) is 4.35. The predicted octanol–water partition coefficient (Wildman–Crippen LogP) is 0.304. The van der Waals surface area contributed by atoms with Crippen LogP contribution in [0.4, 0.5) is 0 Å². The summed E-state index contributed by atoms with van der Waals surface area (Å²) in [5.74, 6) is -0.677. The minimum atomic E-state index is -3.63. The van der Waals surface area contributed by atoms with Crippen LogP contribution in [-0.4, -0.2) is 39.4 Å². The highest BCUT2D eigenvalue weighted by Gasteiger charge is 2.14. The van der Waals surface area contributed by atoms with Crippen LogP contribution in [0.25, 0.3) is 0 Å². The van der Waals surface area contributed by atoms with Gasteiger partial charge in [-0.05, 0) is 32.9 Å². The first-order valence-corrected chi connectivity index (χ1v) is 8.81. The Hall–Kier alpha value is -1.93. The van der Waals surface area contributed by atoms with Gasteiger partial charge < -0.3 is 10.6 Å². The van der Waals surface area contributed by atoms with Crippen molar-refractivity contribution in [2.45, 2.75) is 38.1 Å². The molecule has 23 heavy (non-hydrogen) atoms. The number of sulfonamides is 1. The van der Waals surface area contributed by atoms with E-state index in [1.54, 1.807) is 12.1 Å². The lowest BCUT2D eigenvalue weighted by Crippen LogP contribution is -2.40. The van der Waals surface area contributed by atoms with Gasteiger partial charge in [0.15, 0.2) is 0 Å². The van der Waals surface area contributed by atoms with Gasteiger partial charge in [0, 0.05) is 19.0 Å². The summed E-state index contributed by atoms with van der Waals surface area (Å²) >= 11 is 0. The molecule has 0 aliphatic carbocycles. The zero-order valence-corrected chi connectivity index (χ0v) is 14.4. The fourth-order valence-electron chi connectivity index (χ4n) is 1.74. The highest BCUT2D eigenvalue weighted by Crippen LogP contribution is 2.09. The molecule has 0 aliphatic heterocycles. The maximum Gasteiger partial charge on any atom is 0.240 e. The number of rotatable bonds is 8. The van der Waals surface area contributed by atoms with E-state index < -0.39 is 15.9 Å². The molecule has 128 valence electrons. The molecule has 1 aromatic carbocycles. The molecule has 7 nitrogen and oxygen atoms in total. The lowest BCUT2D eigenvalue weighted by Gasteiger charge is -2.10. The molecule has 0 atom stereocenters. The molecule has 0 saturated heterocycles. The van der Waals surface area contributed by atoms with Crippen molar-refractivity contribution >= 4 is 21.8 Å². The molecule has 0 aromatic heterocycles. The van der Waals surface area contributed by atoms with Crippen LogP contribution in [0.15, 0.2) is 29.2 Å². The zero-order valence-electron chi connectivity index (χ0n) is 13.5. The third kappa shape index (κ3) is 7.25. The van der Waals surface area contributed by atoms with Crippen LogP contribution in [0.3, 0.4) is 0 Å². The minimum Gasteiger partial charge on any atom is -0.352 e. The van der Waals surface area contributed by atoms with Crippen molar-refractivity contribution in [2.24, 2.45) is 0 Å². The summed E-state index contributed by atoms with van der Waals surface area (Å²) in [5.41, 5.74) is 0.961. The van der Waals surface area contributed by atoms with Crippen molar-refractivity contribution in [3.8, 4) is 0 Å². The van der Waals surface area contributed by atoms with Crippen LogP contribution in [-0.2, 0) is 19.6 Å². The second kappa shape index (κ2) is 8.64. The number of benzene rings is 1. The predicted molar refractivity (Wildman–Crippen MR) is 87.3 cm³/mol. The van der Waals surface area contributed by atoms with Crippen molar-refractivity contribution < 1.29 is 18.0 Å². The van der Waals surface area contributed by atoms with Gasteiger partial charge in [-0.15, -0.1) is 0 Å². The largest absolute Gasteiger partial charge is 0.352 e. The Balaban J connectivity index is 2.36. The van der Waals surface area contributed by atoms with Crippen molar-refractivity contribution in [1.29, 1.82) is 0 Å². The van der Waals surface area contributed by atoms with E-state index in [4.69, 9.17) is 0 Å². The molecule has 0 radical (unpaired) electrons. The molecular weight excluding hydrogens is 318 g/mol. The standard InChI is InChI=1S/C15H23N3O4S/c1-11(2)18-15(20)10-16-14(19)8-9-17-23(21,22)13-6-4-12(3)5-7-13/h4-7,11,17H,8-10H2,1-3H3,(H,16,19)(H,18,20). The number of hydrogen-bond acceptors (Lipinski definition) is 4. The summed E-state index contributed by atoms with van der Waals surface area (Å²) in [7, 11) is -3.63. The SMILES string of the molecule is Cc1ccc(S(=O)(=O)NCCC(=O)NCC(=O)NC(C)C)cc1. The molecule has 1 rings (SSSR count). The first-order chi connectivity index (χ1) is 10.7. The Bertz CT molecular complexity index is 639. The van der Waals surface area contributed by atoms with Crippen molar-refractivity contribution in [2.75, 3.05) is 13.1 Å². The van der Waals surface area contributed by atoms with Crippen molar-refractivity contribution in [3.63, 3.8) is 0 Å². The van der Waals surface area contributed by atoms with Crippen LogP contribution in [0.1, 0.15) is 25.8 Å². The number of aryl methyl sites for hydroxylation is 1. The Morgan fingerprint density at radius 3 is 2.26 bits per heavy atom. The average molecular weight is 341 g/mol. The van der Waals surface area contributed by atoms with Gasteiger partial charge in [-0.25, -0.2) is 13.1 Å². The Morgan fingerprint density at radius 1 is 1.09 bits per heavy atom. The molecule has 0 heterocycles. The summed E-state index contributed by atoms with van der Waals surface area (Å²) in [6.45, 7) is 5.35. The van der Waals surface area contributed by atoms with Gasteiger partial charge in [0.25, 0.3) is 0 Å². The molecule has 0 bridgehead atoms. The first kappa shape index (κ1) is 19.1. The van der Waals surface area contributed by atoms with Crippen LogP contribution in [0.5, 0.6) is 0 Å². The van der Waals surface area contributed by atoms with Crippen LogP contribution < -0.4 is 15.4 Å². The second-order valence-electron chi connectivity index (χ2n) is 5.46. The van der Waals surface area contributed by atoms with E-state index in [9.17, 15) is 18.0 Å². The maximum absolute atomic E-state index is 12.0. The van der Waals surface area contributed by atoms with Gasteiger partial charge in [-0.2, -0.15) is 0 Å². The average Bonchev–Trinajstić information content (AvgIpc) is 2.44. The molecule has 0 saturated carbocycles. The van der Waals surface area contributed by atoms with Crippen LogP contribution in [0.2, 0.25) is 0 Å². The molecule has 3 N–H and O–H groups in total.